The summed E-state index contributed by atoms with van der Waals surface area (Å²) in [5.41, 5.74) is 1.54. The van der Waals surface area contributed by atoms with Crippen LogP contribution >= 0.6 is 11.6 Å². The number of carbonyl (C=O) groups excluding carboxylic acids is 1. The van der Waals surface area contributed by atoms with E-state index in [2.05, 4.69) is 0 Å². The molecule has 0 spiro atoms. The summed E-state index contributed by atoms with van der Waals surface area (Å²) < 4.78 is 1.84. The molecule has 1 aromatic heterocycles. The number of phenolic OH excluding ortho intramolecular Hbond substituents is 1. The molecule has 2 aromatic rings. The smallest absolute Gasteiger partial charge is 0.270 e. The number of aromatic nitrogens is 1. The monoisotopic (exact) mass is 306 g/mol. The normalized spacial score (nSPS) is 12.2. The fourth-order valence-electron chi connectivity index (χ4n) is 2.25. The summed E-state index contributed by atoms with van der Waals surface area (Å²) in [4.78, 5) is 14.3. The molecule has 4 nitrogen and oxygen atoms in total. The average molecular weight is 307 g/mol. The van der Waals surface area contributed by atoms with Crippen molar-refractivity contribution in [3.8, 4) is 5.75 Å². The highest BCUT2D eigenvalue weighted by atomic mass is 35.5. The molecule has 0 radical (unpaired) electrons. The fourth-order valence-corrected chi connectivity index (χ4v) is 2.47. The maximum Gasteiger partial charge on any atom is 0.270 e. The molecule has 0 aliphatic rings. The summed E-state index contributed by atoms with van der Waals surface area (Å²) in [6, 6.07) is 8.46. The molecule has 1 N–H and O–H groups in total. The second kappa shape index (κ2) is 6.22. The van der Waals surface area contributed by atoms with E-state index in [0.29, 0.717) is 17.3 Å². The lowest BCUT2D eigenvalue weighted by molar-refractivity contribution is 0.0732. The maximum atomic E-state index is 12.6. The van der Waals surface area contributed by atoms with E-state index in [1.54, 1.807) is 36.3 Å². The van der Waals surface area contributed by atoms with Gasteiger partial charge in [0.15, 0.2) is 0 Å². The van der Waals surface area contributed by atoms with Gasteiger partial charge in [0.2, 0.25) is 0 Å². The molecule has 0 aliphatic heterocycles. The highest BCUT2D eigenvalue weighted by Crippen LogP contribution is 2.24. The largest absolute Gasteiger partial charge is 0.508 e. The Labute approximate surface area is 129 Å². The van der Waals surface area contributed by atoms with Gasteiger partial charge in [-0.1, -0.05) is 23.7 Å². The van der Waals surface area contributed by atoms with Crippen molar-refractivity contribution < 1.29 is 9.90 Å². The lowest BCUT2D eigenvalue weighted by Crippen LogP contribution is -2.31. The number of amides is 1. The first-order chi connectivity index (χ1) is 9.93. The first-order valence-electron chi connectivity index (χ1n) is 6.85. The number of nitrogens with zero attached hydrogens (tertiary/aromatic N) is 2. The Kier molecular flexibility index (Phi) is 4.58. The van der Waals surface area contributed by atoms with Gasteiger partial charge in [-0.3, -0.25) is 4.79 Å². The van der Waals surface area contributed by atoms with Crippen molar-refractivity contribution in [3.05, 3.63) is 52.8 Å². The molecular weight excluding hydrogens is 288 g/mol. The number of carbonyl (C=O) groups is 1. The second-order valence-electron chi connectivity index (χ2n) is 5.01. The quantitative estimate of drug-likeness (QED) is 0.936. The van der Waals surface area contributed by atoms with Crippen molar-refractivity contribution >= 4 is 17.5 Å². The number of halogens is 1. The minimum atomic E-state index is -0.0999. The zero-order chi connectivity index (χ0) is 15.6. The lowest BCUT2D eigenvalue weighted by atomic mass is 10.1. The first kappa shape index (κ1) is 15.4. The van der Waals surface area contributed by atoms with Crippen LogP contribution in [0.25, 0.3) is 0 Å². The third-order valence-electron chi connectivity index (χ3n) is 3.70. The fraction of sp³-hybridized carbons (Fsp3) is 0.312. The van der Waals surface area contributed by atoms with Crippen molar-refractivity contribution in [2.24, 2.45) is 0 Å². The number of hydrogen-bond acceptors (Lipinski definition) is 2. The average Bonchev–Trinajstić information content (AvgIpc) is 2.86. The number of benzene rings is 1. The van der Waals surface area contributed by atoms with Crippen LogP contribution in [0.3, 0.4) is 0 Å². The summed E-state index contributed by atoms with van der Waals surface area (Å²) in [6.45, 7) is 4.61. The van der Waals surface area contributed by atoms with Crippen LogP contribution in [0.15, 0.2) is 36.5 Å². The molecule has 1 amide bonds. The zero-order valence-electron chi connectivity index (χ0n) is 12.4. The van der Waals surface area contributed by atoms with E-state index in [0.717, 1.165) is 5.56 Å². The van der Waals surface area contributed by atoms with Gasteiger partial charge in [-0.05, 0) is 37.6 Å². The summed E-state index contributed by atoms with van der Waals surface area (Å²) in [7, 11) is 1.76. The van der Waals surface area contributed by atoms with Crippen molar-refractivity contribution in [1.82, 2.24) is 9.47 Å². The Balaban J connectivity index is 2.23. The summed E-state index contributed by atoms with van der Waals surface area (Å²) in [6.07, 6.45) is 1.76. The predicted molar refractivity (Wildman–Crippen MR) is 83.7 cm³/mol. The molecule has 5 heteroatoms. The van der Waals surface area contributed by atoms with Crippen LogP contribution in [0.2, 0.25) is 5.02 Å². The molecule has 0 saturated carbocycles. The van der Waals surface area contributed by atoms with Crippen LogP contribution in [0, 0.1) is 0 Å². The maximum absolute atomic E-state index is 12.6. The van der Waals surface area contributed by atoms with E-state index in [1.807, 2.05) is 30.5 Å². The van der Waals surface area contributed by atoms with Gasteiger partial charge in [0.05, 0.1) is 11.1 Å². The van der Waals surface area contributed by atoms with Crippen molar-refractivity contribution in [1.29, 1.82) is 0 Å². The second-order valence-corrected chi connectivity index (χ2v) is 5.45. The van der Waals surface area contributed by atoms with Crippen LogP contribution in [0.5, 0.6) is 5.75 Å². The third kappa shape index (κ3) is 3.22. The molecule has 0 aliphatic carbocycles. The summed E-state index contributed by atoms with van der Waals surface area (Å²) in [5.74, 6) is 0.135. The SMILES string of the molecule is CCn1cc(Cl)cc1C(=O)N(C)C(C)c1ccc(O)cc1. The molecular formula is C16H19ClN2O2. The Morgan fingerprint density at radius 2 is 2.00 bits per heavy atom. The van der Waals surface area contributed by atoms with Gasteiger partial charge >= 0.3 is 0 Å². The zero-order valence-corrected chi connectivity index (χ0v) is 13.1. The summed E-state index contributed by atoms with van der Waals surface area (Å²) in [5, 5.41) is 9.90. The molecule has 1 atom stereocenters. The van der Waals surface area contributed by atoms with Gasteiger partial charge in [-0.25, -0.2) is 0 Å². The molecule has 112 valence electrons. The molecule has 2 rings (SSSR count). The van der Waals surface area contributed by atoms with E-state index in [4.69, 9.17) is 11.6 Å². The van der Waals surface area contributed by atoms with E-state index < -0.39 is 0 Å². The van der Waals surface area contributed by atoms with Crippen molar-refractivity contribution in [3.63, 3.8) is 0 Å². The van der Waals surface area contributed by atoms with Crippen LogP contribution in [-0.2, 0) is 6.54 Å². The Morgan fingerprint density at radius 1 is 1.38 bits per heavy atom. The topological polar surface area (TPSA) is 45.5 Å². The van der Waals surface area contributed by atoms with E-state index >= 15 is 0 Å². The third-order valence-corrected chi connectivity index (χ3v) is 3.91. The van der Waals surface area contributed by atoms with Gasteiger partial charge in [0, 0.05) is 19.8 Å². The van der Waals surface area contributed by atoms with Crippen LogP contribution in [0.1, 0.15) is 35.9 Å². The van der Waals surface area contributed by atoms with Gasteiger partial charge in [0.25, 0.3) is 5.91 Å². The van der Waals surface area contributed by atoms with E-state index in [1.165, 1.54) is 0 Å². The minimum Gasteiger partial charge on any atom is -0.508 e. The van der Waals surface area contributed by atoms with Crippen LogP contribution in [-0.4, -0.2) is 27.5 Å². The predicted octanol–water partition coefficient (Wildman–Crippen LogP) is 3.70. The molecule has 1 aromatic carbocycles. The molecule has 1 heterocycles. The number of hydrogen-bond donors (Lipinski definition) is 1. The molecule has 0 saturated heterocycles. The summed E-state index contributed by atoms with van der Waals surface area (Å²) >= 11 is 5.99. The minimum absolute atomic E-state index is 0.0793. The van der Waals surface area contributed by atoms with Gasteiger partial charge < -0.3 is 14.6 Å². The Bertz CT molecular complexity index is 634. The Hall–Kier alpha value is -1.94. The molecule has 1 unspecified atom stereocenters. The molecule has 21 heavy (non-hydrogen) atoms. The van der Waals surface area contributed by atoms with Crippen molar-refractivity contribution in [2.75, 3.05) is 7.05 Å². The van der Waals surface area contributed by atoms with Gasteiger partial charge in [0.1, 0.15) is 11.4 Å². The van der Waals surface area contributed by atoms with Crippen LogP contribution < -0.4 is 0 Å². The van der Waals surface area contributed by atoms with E-state index in [-0.39, 0.29) is 17.7 Å². The van der Waals surface area contributed by atoms with Gasteiger partial charge in [-0.15, -0.1) is 0 Å². The molecule has 0 fully saturated rings. The standard InChI is InChI=1S/C16H19ClN2O2/c1-4-19-10-13(17)9-15(19)16(21)18(3)11(2)12-5-7-14(20)8-6-12/h5-11,20H,4H2,1-3H3. The lowest BCUT2D eigenvalue weighted by Gasteiger charge is -2.25. The number of aryl methyl sites for hydroxylation is 1. The number of rotatable bonds is 4. The van der Waals surface area contributed by atoms with Crippen LogP contribution in [0.4, 0.5) is 0 Å². The van der Waals surface area contributed by atoms with Gasteiger partial charge in [-0.2, -0.15) is 0 Å². The Morgan fingerprint density at radius 3 is 2.57 bits per heavy atom. The first-order valence-corrected chi connectivity index (χ1v) is 7.23. The highest BCUT2D eigenvalue weighted by molar-refractivity contribution is 6.31. The highest BCUT2D eigenvalue weighted by Gasteiger charge is 2.22. The molecule has 0 bridgehead atoms. The van der Waals surface area contributed by atoms with E-state index in [9.17, 15) is 9.90 Å². The van der Waals surface area contributed by atoms with Crippen molar-refractivity contribution in [2.45, 2.75) is 26.4 Å². The number of aromatic hydroxyl groups is 1. The number of phenols is 1.